The maximum atomic E-state index is 13.6. The van der Waals surface area contributed by atoms with Gasteiger partial charge < -0.3 is 11.1 Å². The number of halogens is 3. The van der Waals surface area contributed by atoms with Crippen LogP contribution in [0.15, 0.2) is 65.6 Å². The zero-order valence-corrected chi connectivity index (χ0v) is 17.1. The molecule has 0 heterocycles. The number of benzene rings is 3. The third-order valence-electron chi connectivity index (χ3n) is 4.09. The fraction of sp³-hybridized carbons (Fsp3) is 0. The van der Waals surface area contributed by atoms with Crippen LogP contribution < -0.4 is 15.8 Å². The number of sulfonamides is 1. The Kier molecular flexibility index (Phi) is 6.23. The summed E-state index contributed by atoms with van der Waals surface area (Å²) in [5.74, 6) is -3.12. The molecule has 0 radical (unpaired) electrons. The van der Waals surface area contributed by atoms with Crippen molar-refractivity contribution in [3.05, 3.63) is 88.4 Å². The van der Waals surface area contributed by atoms with E-state index in [2.05, 4.69) is 10.0 Å². The molecule has 4 N–H and O–H groups in total. The van der Waals surface area contributed by atoms with Gasteiger partial charge in [-0.05, 0) is 60.7 Å². The molecule has 0 saturated heterocycles. The van der Waals surface area contributed by atoms with Crippen molar-refractivity contribution in [2.75, 3.05) is 10.0 Å². The Morgan fingerprint density at radius 1 is 0.935 bits per heavy atom. The van der Waals surface area contributed by atoms with Crippen LogP contribution in [0.3, 0.4) is 0 Å². The molecule has 3 aromatic carbocycles. The van der Waals surface area contributed by atoms with Gasteiger partial charge in [0.05, 0.1) is 21.2 Å². The van der Waals surface area contributed by atoms with Crippen LogP contribution in [0.5, 0.6) is 0 Å². The van der Waals surface area contributed by atoms with Crippen molar-refractivity contribution in [1.82, 2.24) is 0 Å². The summed E-state index contributed by atoms with van der Waals surface area (Å²) in [6, 6.07) is 11.2. The van der Waals surface area contributed by atoms with Crippen molar-refractivity contribution < 1.29 is 26.8 Å². The number of nitrogens with one attached hydrogen (secondary N) is 2. The molecule has 31 heavy (non-hydrogen) atoms. The fourth-order valence-corrected chi connectivity index (χ4v) is 3.85. The minimum absolute atomic E-state index is 0.0139. The summed E-state index contributed by atoms with van der Waals surface area (Å²) < 4.78 is 53.9. The van der Waals surface area contributed by atoms with E-state index < -0.39 is 39.0 Å². The summed E-state index contributed by atoms with van der Waals surface area (Å²) in [5.41, 5.74) is 4.72. The zero-order chi connectivity index (χ0) is 22.8. The van der Waals surface area contributed by atoms with Gasteiger partial charge in [0.2, 0.25) is 0 Å². The van der Waals surface area contributed by atoms with E-state index in [1.54, 1.807) is 0 Å². The van der Waals surface area contributed by atoms with Gasteiger partial charge in [0, 0.05) is 11.3 Å². The standard InChI is InChI=1S/C20H14ClF2N3O4S/c21-16-7-1-11(20(28)25-13-4-8-17(23)15(10-13)19(24)27)9-18(16)26-31(29,30)14-5-2-12(22)3-6-14/h1-10,26H,(H2,24,27)(H,25,28). The van der Waals surface area contributed by atoms with Crippen LogP contribution in [0.2, 0.25) is 5.02 Å². The molecule has 11 heteroatoms. The van der Waals surface area contributed by atoms with Crippen molar-refractivity contribution in [3.63, 3.8) is 0 Å². The van der Waals surface area contributed by atoms with E-state index in [1.165, 1.54) is 24.3 Å². The van der Waals surface area contributed by atoms with Gasteiger partial charge in [-0.25, -0.2) is 17.2 Å². The molecule has 2 amide bonds. The number of hydrogen-bond acceptors (Lipinski definition) is 4. The Morgan fingerprint density at radius 3 is 2.26 bits per heavy atom. The second kappa shape index (κ2) is 8.70. The van der Waals surface area contributed by atoms with E-state index >= 15 is 0 Å². The van der Waals surface area contributed by atoms with E-state index in [-0.39, 0.29) is 26.9 Å². The number of carbonyl (C=O) groups excluding carboxylic acids is 2. The number of anilines is 2. The Hall–Kier alpha value is -3.50. The molecule has 3 aromatic rings. The number of rotatable bonds is 6. The Morgan fingerprint density at radius 2 is 1.61 bits per heavy atom. The van der Waals surface area contributed by atoms with E-state index in [9.17, 15) is 26.8 Å². The molecule has 0 spiro atoms. The van der Waals surface area contributed by atoms with Crippen molar-refractivity contribution >= 4 is 44.8 Å². The van der Waals surface area contributed by atoms with Crippen molar-refractivity contribution in [2.45, 2.75) is 4.90 Å². The van der Waals surface area contributed by atoms with Crippen LogP contribution in [0, 0.1) is 11.6 Å². The Labute approximate surface area is 180 Å². The summed E-state index contributed by atoms with van der Waals surface area (Å²) in [4.78, 5) is 23.6. The molecule has 7 nitrogen and oxygen atoms in total. The van der Waals surface area contributed by atoms with Gasteiger partial charge in [0.1, 0.15) is 11.6 Å². The van der Waals surface area contributed by atoms with Crippen LogP contribution in [0.25, 0.3) is 0 Å². The van der Waals surface area contributed by atoms with Gasteiger partial charge in [-0.1, -0.05) is 11.6 Å². The molecule has 0 aliphatic heterocycles. The lowest BCUT2D eigenvalue weighted by Gasteiger charge is -2.12. The van der Waals surface area contributed by atoms with Gasteiger partial charge in [-0.15, -0.1) is 0 Å². The number of hydrogen-bond donors (Lipinski definition) is 3. The highest BCUT2D eigenvalue weighted by Crippen LogP contribution is 2.27. The molecular formula is C20H14ClF2N3O4S. The lowest BCUT2D eigenvalue weighted by molar-refractivity contribution is 0.0992. The molecule has 0 aromatic heterocycles. The van der Waals surface area contributed by atoms with Crippen LogP contribution >= 0.6 is 11.6 Å². The van der Waals surface area contributed by atoms with Gasteiger partial charge in [0.15, 0.2) is 0 Å². The minimum atomic E-state index is -4.10. The lowest BCUT2D eigenvalue weighted by Crippen LogP contribution is -2.17. The van der Waals surface area contributed by atoms with Crippen LogP contribution in [-0.4, -0.2) is 20.2 Å². The first-order valence-electron chi connectivity index (χ1n) is 8.55. The van der Waals surface area contributed by atoms with Gasteiger partial charge in [-0.2, -0.15) is 0 Å². The van der Waals surface area contributed by atoms with Crippen LogP contribution in [0.4, 0.5) is 20.2 Å². The predicted octanol–water partition coefficient (Wildman–Crippen LogP) is 3.77. The quantitative estimate of drug-likeness (QED) is 0.513. The normalized spacial score (nSPS) is 11.1. The maximum absolute atomic E-state index is 13.6. The van der Waals surface area contributed by atoms with Gasteiger partial charge in [-0.3, -0.25) is 14.3 Å². The van der Waals surface area contributed by atoms with E-state index in [1.807, 2.05) is 0 Å². The second-order valence-electron chi connectivity index (χ2n) is 6.27. The second-order valence-corrected chi connectivity index (χ2v) is 8.36. The third-order valence-corrected chi connectivity index (χ3v) is 5.80. The molecular weight excluding hydrogens is 452 g/mol. The first kappa shape index (κ1) is 22.2. The fourth-order valence-electron chi connectivity index (χ4n) is 2.56. The number of nitrogens with two attached hydrogens (primary N) is 1. The van der Waals surface area contributed by atoms with Crippen LogP contribution in [0.1, 0.15) is 20.7 Å². The molecule has 0 aliphatic rings. The third kappa shape index (κ3) is 5.16. The summed E-state index contributed by atoms with van der Waals surface area (Å²) in [6.07, 6.45) is 0. The average Bonchev–Trinajstić information content (AvgIpc) is 2.71. The molecule has 0 aliphatic carbocycles. The van der Waals surface area contributed by atoms with Gasteiger partial charge in [0.25, 0.3) is 21.8 Å². The Bertz CT molecular complexity index is 1280. The topological polar surface area (TPSA) is 118 Å². The summed E-state index contributed by atoms with van der Waals surface area (Å²) in [7, 11) is -4.10. The first-order valence-corrected chi connectivity index (χ1v) is 10.4. The van der Waals surface area contributed by atoms with Crippen LogP contribution in [-0.2, 0) is 10.0 Å². The van der Waals surface area contributed by atoms with Crippen molar-refractivity contribution in [2.24, 2.45) is 5.73 Å². The smallest absolute Gasteiger partial charge is 0.261 e. The molecule has 0 atom stereocenters. The molecule has 0 fully saturated rings. The van der Waals surface area contributed by atoms with Gasteiger partial charge >= 0.3 is 0 Å². The highest BCUT2D eigenvalue weighted by atomic mass is 35.5. The largest absolute Gasteiger partial charge is 0.366 e. The SMILES string of the molecule is NC(=O)c1cc(NC(=O)c2ccc(Cl)c(NS(=O)(=O)c3ccc(F)cc3)c2)ccc1F. The summed E-state index contributed by atoms with van der Waals surface area (Å²) >= 11 is 6.04. The maximum Gasteiger partial charge on any atom is 0.261 e. The molecule has 3 rings (SSSR count). The van der Waals surface area contributed by atoms with E-state index in [0.717, 1.165) is 36.4 Å². The van der Waals surface area contributed by atoms with Crippen molar-refractivity contribution in [1.29, 1.82) is 0 Å². The number of carbonyl (C=O) groups is 2. The monoisotopic (exact) mass is 465 g/mol. The molecule has 160 valence electrons. The predicted molar refractivity (Wildman–Crippen MR) is 112 cm³/mol. The molecule has 0 bridgehead atoms. The van der Waals surface area contributed by atoms with E-state index in [0.29, 0.717) is 0 Å². The Balaban J connectivity index is 1.85. The average molecular weight is 466 g/mol. The summed E-state index contributed by atoms with van der Waals surface area (Å²) in [6.45, 7) is 0. The highest BCUT2D eigenvalue weighted by Gasteiger charge is 2.18. The first-order chi connectivity index (χ1) is 14.6. The zero-order valence-electron chi connectivity index (χ0n) is 15.5. The number of amides is 2. The summed E-state index contributed by atoms with van der Waals surface area (Å²) in [5, 5.41) is 2.47. The van der Waals surface area contributed by atoms with E-state index in [4.69, 9.17) is 17.3 Å². The molecule has 0 unspecified atom stereocenters. The molecule has 0 saturated carbocycles. The van der Waals surface area contributed by atoms with Crippen molar-refractivity contribution in [3.8, 4) is 0 Å². The number of primary amides is 1. The minimum Gasteiger partial charge on any atom is -0.366 e. The highest BCUT2D eigenvalue weighted by molar-refractivity contribution is 7.92. The lowest BCUT2D eigenvalue weighted by atomic mass is 10.1.